The van der Waals surface area contributed by atoms with E-state index in [1.165, 1.54) is 6.92 Å². The fraction of sp³-hybridized carbons (Fsp3) is 0.269. The number of carbonyl (C=O) groups excluding carboxylic acids is 1. The molecular formula is C26H26N2O4. The molecule has 1 heterocycles. The molecule has 0 atom stereocenters. The molecule has 0 fully saturated rings. The van der Waals surface area contributed by atoms with Crippen LogP contribution in [0.5, 0.6) is 11.6 Å². The van der Waals surface area contributed by atoms with E-state index in [2.05, 4.69) is 0 Å². The fourth-order valence-corrected chi connectivity index (χ4v) is 3.56. The Hall–Kier alpha value is -3.85. The summed E-state index contributed by atoms with van der Waals surface area (Å²) >= 11 is 0. The van der Waals surface area contributed by atoms with Crippen molar-refractivity contribution in [3.63, 3.8) is 0 Å². The van der Waals surface area contributed by atoms with E-state index >= 15 is 0 Å². The maximum atomic E-state index is 13.5. The third-order valence-corrected chi connectivity index (χ3v) is 5.38. The minimum absolute atomic E-state index is 0.0549. The Morgan fingerprint density at radius 1 is 1.12 bits per heavy atom. The van der Waals surface area contributed by atoms with E-state index in [0.717, 1.165) is 23.0 Å². The van der Waals surface area contributed by atoms with Crippen molar-refractivity contribution >= 4 is 5.78 Å². The van der Waals surface area contributed by atoms with Crippen molar-refractivity contribution in [2.45, 2.75) is 39.7 Å². The first kappa shape index (κ1) is 22.8. The average molecular weight is 431 g/mol. The number of unbranched alkanes of at least 4 members (excludes halogenated alkanes) is 1. The second-order valence-electron chi connectivity index (χ2n) is 7.53. The predicted octanol–water partition coefficient (Wildman–Crippen LogP) is 4.39. The first-order chi connectivity index (χ1) is 15.5. The number of ether oxygens (including phenoxy) is 1. The number of aryl methyl sites for hydroxylation is 1. The summed E-state index contributed by atoms with van der Waals surface area (Å²) in [5.41, 5.74) is 0.603. The van der Waals surface area contributed by atoms with Gasteiger partial charge >= 0.3 is 0 Å². The van der Waals surface area contributed by atoms with Gasteiger partial charge in [0.1, 0.15) is 17.4 Å². The maximum Gasteiger partial charge on any atom is 0.271 e. The Labute approximate surface area is 187 Å². The first-order valence-electron chi connectivity index (χ1n) is 10.7. The number of aromatic nitrogens is 1. The Bertz CT molecular complexity index is 1210. The van der Waals surface area contributed by atoms with E-state index in [0.29, 0.717) is 18.8 Å². The zero-order chi connectivity index (χ0) is 23.1. The van der Waals surface area contributed by atoms with Crippen LogP contribution in [0.1, 0.15) is 52.4 Å². The molecular weight excluding hydrogens is 404 g/mol. The lowest BCUT2D eigenvalue weighted by atomic mass is 9.96. The van der Waals surface area contributed by atoms with Gasteiger partial charge in [0.25, 0.3) is 5.56 Å². The van der Waals surface area contributed by atoms with Gasteiger partial charge in [-0.1, -0.05) is 55.8 Å². The molecule has 32 heavy (non-hydrogen) atoms. The highest BCUT2D eigenvalue weighted by atomic mass is 16.5. The number of benzene rings is 2. The number of hydrogen-bond acceptors (Lipinski definition) is 5. The highest BCUT2D eigenvalue weighted by Gasteiger charge is 2.26. The van der Waals surface area contributed by atoms with E-state index in [1.807, 2.05) is 43.3 Å². The molecule has 0 saturated carbocycles. The van der Waals surface area contributed by atoms with Crippen LogP contribution in [0.3, 0.4) is 0 Å². The van der Waals surface area contributed by atoms with Crippen molar-refractivity contribution in [1.82, 2.24) is 4.57 Å². The summed E-state index contributed by atoms with van der Waals surface area (Å²) in [6.07, 6.45) is 2.26. The Kier molecular flexibility index (Phi) is 7.45. The molecule has 0 unspecified atom stereocenters. The zero-order valence-corrected chi connectivity index (χ0v) is 18.3. The molecule has 164 valence electrons. The number of ketones is 1. The quantitative estimate of drug-likeness (QED) is 0.402. The lowest BCUT2D eigenvalue weighted by molar-refractivity contribution is 0.103. The van der Waals surface area contributed by atoms with E-state index in [4.69, 9.17) is 4.74 Å². The lowest BCUT2D eigenvalue weighted by Gasteiger charge is -2.17. The summed E-state index contributed by atoms with van der Waals surface area (Å²) in [7, 11) is 0. The lowest BCUT2D eigenvalue weighted by Crippen LogP contribution is -2.27. The summed E-state index contributed by atoms with van der Waals surface area (Å²) in [6, 6.07) is 18.2. The van der Waals surface area contributed by atoms with Gasteiger partial charge in [-0.05, 0) is 43.0 Å². The second-order valence-corrected chi connectivity index (χ2v) is 7.53. The van der Waals surface area contributed by atoms with Gasteiger partial charge in [0.15, 0.2) is 0 Å². The fourth-order valence-electron chi connectivity index (χ4n) is 3.56. The van der Waals surface area contributed by atoms with Crippen molar-refractivity contribution in [1.29, 1.82) is 5.26 Å². The van der Waals surface area contributed by atoms with Crippen LogP contribution in [0.4, 0.5) is 0 Å². The van der Waals surface area contributed by atoms with Crippen molar-refractivity contribution in [3.8, 4) is 17.7 Å². The summed E-state index contributed by atoms with van der Waals surface area (Å²) in [6.45, 7) is 4.16. The summed E-state index contributed by atoms with van der Waals surface area (Å²) < 4.78 is 6.88. The number of nitrogens with zero attached hydrogens (tertiary/aromatic N) is 2. The highest BCUT2D eigenvalue weighted by Crippen LogP contribution is 2.29. The van der Waals surface area contributed by atoms with Crippen LogP contribution in [0.15, 0.2) is 59.4 Å². The molecule has 3 aromatic rings. The third kappa shape index (κ3) is 4.73. The smallest absolute Gasteiger partial charge is 0.271 e. The second kappa shape index (κ2) is 10.5. The molecule has 6 nitrogen and oxygen atoms in total. The van der Waals surface area contributed by atoms with Gasteiger partial charge in [0.2, 0.25) is 11.7 Å². The van der Waals surface area contributed by atoms with E-state index in [1.54, 1.807) is 24.3 Å². The van der Waals surface area contributed by atoms with Crippen LogP contribution >= 0.6 is 0 Å². The molecule has 3 rings (SSSR count). The number of aromatic hydroxyl groups is 1. The molecule has 1 N–H and O–H groups in total. The molecule has 0 radical (unpaired) electrons. The molecule has 6 heteroatoms. The Balaban J connectivity index is 2.06. The molecule has 0 bridgehead atoms. The van der Waals surface area contributed by atoms with E-state index < -0.39 is 17.2 Å². The maximum absolute atomic E-state index is 13.5. The zero-order valence-electron chi connectivity index (χ0n) is 18.3. The van der Waals surface area contributed by atoms with Crippen LogP contribution in [-0.4, -0.2) is 22.1 Å². The molecule has 1 aromatic heterocycles. The topological polar surface area (TPSA) is 92.3 Å². The van der Waals surface area contributed by atoms with Gasteiger partial charge in [-0.2, -0.15) is 5.26 Å². The number of rotatable bonds is 9. The third-order valence-electron chi connectivity index (χ3n) is 5.38. The Morgan fingerprint density at radius 2 is 1.81 bits per heavy atom. The van der Waals surface area contributed by atoms with Crippen LogP contribution in [0.25, 0.3) is 0 Å². The van der Waals surface area contributed by atoms with Gasteiger partial charge in [-0.25, -0.2) is 0 Å². The van der Waals surface area contributed by atoms with Gasteiger partial charge in [-0.15, -0.1) is 0 Å². The minimum Gasteiger partial charge on any atom is -0.494 e. The highest BCUT2D eigenvalue weighted by molar-refractivity contribution is 6.13. The minimum atomic E-state index is -0.609. The molecule has 0 saturated heterocycles. The molecule has 0 aliphatic carbocycles. The summed E-state index contributed by atoms with van der Waals surface area (Å²) in [5.74, 6) is -0.516. The van der Waals surface area contributed by atoms with Gasteiger partial charge in [-0.3, -0.25) is 14.2 Å². The average Bonchev–Trinajstić information content (AvgIpc) is 2.80. The monoisotopic (exact) mass is 430 g/mol. The van der Waals surface area contributed by atoms with Crippen LogP contribution < -0.4 is 10.3 Å². The predicted molar refractivity (Wildman–Crippen MR) is 122 cm³/mol. The van der Waals surface area contributed by atoms with Gasteiger partial charge in [0, 0.05) is 6.54 Å². The summed E-state index contributed by atoms with van der Waals surface area (Å²) in [5, 5.41) is 20.6. The molecule has 2 aromatic carbocycles. The molecule has 0 amide bonds. The van der Waals surface area contributed by atoms with Gasteiger partial charge < -0.3 is 9.84 Å². The van der Waals surface area contributed by atoms with Crippen molar-refractivity contribution in [3.05, 3.63) is 92.8 Å². The summed E-state index contributed by atoms with van der Waals surface area (Å²) in [4.78, 5) is 26.3. The molecule has 0 aliphatic heterocycles. The van der Waals surface area contributed by atoms with Crippen molar-refractivity contribution in [2.24, 2.45) is 0 Å². The van der Waals surface area contributed by atoms with Gasteiger partial charge in [0.05, 0.1) is 17.7 Å². The number of carbonyl (C=O) groups is 1. The SMILES string of the molecule is CCCCOc1ccccc1C(=O)c1c(C)c(C#N)c(=O)n(CCc2ccccc2)c1O. The molecule has 0 spiro atoms. The number of nitriles is 1. The van der Waals surface area contributed by atoms with Crippen LogP contribution in [0.2, 0.25) is 0 Å². The van der Waals surface area contributed by atoms with Crippen molar-refractivity contribution in [2.75, 3.05) is 6.61 Å². The number of hydrogen-bond donors (Lipinski definition) is 1. The van der Waals surface area contributed by atoms with Crippen molar-refractivity contribution < 1.29 is 14.6 Å². The number of para-hydroxylation sites is 1. The largest absolute Gasteiger partial charge is 0.494 e. The van der Waals surface area contributed by atoms with E-state index in [9.17, 15) is 20.0 Å². The van der Waals surface area contributed by atoms with Crippen LogP contribution in [0, 0.1) is 18.3 Å². The van der Waals surface area contributed by atoms with E-state index in [-0.39, 0.29) is 28.8 Å². The molecule has 0 aliphatic rings. The number of pyridine rings is 1. The van der Waals surface area contributed by atoms with Crippen LogP contribution in [-0.2, 0) is 13.0 Å². The first-order valence-corrected chi connectivity index (χ1v) is 10.7. The Morgan fingerprint density at radius 3 is 2.50 bits per heavy atom. The standard InChI is InChI=1S/C26H26N2O4/c1-3-4-16-32-22-13-9-8-12-20(22)24(29)23-18(2)21(17-27)25(30)28(26(23)31)15-14-19-10-6-5-7-11-19/h5-13,31H,3-4,14-16H2,1-2H3. The normalized spacial score (nSPS) is 10.5.